The first kappa shape index (κ1) is 12.6. The number of carbonyl (C=O) groups is 3. The minimum atomic E-state index is -1.56. The Bertz CT molecular complexity index is 446. The van der Waals surface area contributed by atoms with Crippen LogP contribution in [0.4, 0.5) is 0 Å². The van der Waals surface area contributed by atoms with Gasteiger partial charge in [-0.25, -0.2) is 0 Å². The normalized spacial score (nSPS) is 33.6. The van der Waals surface area contributed by atoms with E-state index in [1.807, 2.05) is 0 Å². The largest absolute Gasteiger partial charge is 0.367 e. The minimum absolute atomic E-state index is 0.139. The summed E-state index contributed by atoms with van der Waals surface area (Å²) in [4.78, 5) is 37.4. The summed E-state index contributed by atoms with van der Waals surface area (Å²) in [6.45, 7) is 0.208. The van der Waals surface area contributed by atoms with E-state index >= 15 is 0 Å². The van der Waals surface area contributed by atoms with Crippen LogP contribution in [0.15, 0.2) is 0 Å². The first-order valence-corrected chi connectivity index (χ1v) is 6.66. The summed E-state index contributed by atoms with van der Waals surface area (Å²) in [6.07, 6.45) is 4.50. The smallest absolute Gasteiger partial charge is 0.254 e. The van der Waals surface area contributed by atoms with Crippen LogP contribution in [0.1, 0.15) is 25.7 Å². The molecule has 0 spiro atoms. The number of hydrogen-bond donors (Lipinski definition) is 1. The van der Waals surface area contributed by atoms with Gasteiger partial charge in [0.15, 0.2) is 5.78 Å². The molecular weight excluding hydrogens is 248 g/mol. The molecule has 3 rings (SSSR count). The van der Waals surface area contributed by atoms with Gasteiger partial charge in [-0.15, -0.1) is 0 Å². The molecule has 0 bridgehead atoms. The monoisotopic (exact) mass is 265 g/mol. The lowest BCUT2D eigenvalue weighted by atomic mass is 9.89. The Labute approximate surface area is 111 Å². The molecule has 3 aliphatic rings. The average molecular weight is 265 g/mol. The number of nitrogens with zero attached hydrogens (tertiary/aromatic N) is 1. The molecule has 2 atom stereocenters. The van der Waals surface area contributed by atoms with E-state index in [4.69, 9.17) is 10.5 Å². The molecule has 3 fully saturated rings. The summed E-state index contributed by atoms with van der Waals surface area (Å²) in [5.74, 6) is -0.851. The fourth-order valence-electron chi connectivity index (χ4n) is 3.07. The third-order valence-electron chi connectivity index (χ3n) is 4.31. The van der Waals surface area contributed by atoms with Crippen LogP contribution >= 0.6 is 0 Å². The van der Waals surface area contributed by atoms with Crippen molar-refractivity contribution in [3.05, 3.63) is 6.42 Å². The second-order valence-corrected chi connectivity index (χ2v) is 5.52. The summed E-state index contributed by atoms with van der Waals surface area (Å²) in [5.41, 5.74) is 3.85. The van der Waals surface area contributed by atoms with E-state index in [0.717, 1.165) is 12.8 Å². The molecule has 0 aromatic rings. The molecule has 2 saturated heterocycles. The highest BCUT2D eigenvalue weighted by molar-refractivity contribution is 6.15. The van der Waals surface area contributed by atoms with Crippen LogP contribution in [0.25, 0.3) is 0 Å². The summed E-state index contributed by atoms with van der Waals surface area (Å²) in [6, 6.07) is 0. The van der Waals surface area contributed by atoms with Gasteiger partial charge in [0.2, 0.25) is 11.4 Å². The molecule has 1 radical (unpaired) electrons. The summed E-state index contributed by atoms with van der Waals surface area (Å²) < 4.78 is 5.31. The Hall–Kier alpha value is -1.43. The first-order chi connectivity index (χ1) is 9.06. The molecule has 2 unspecified atom stereocenters. The van der Waals surface area contributed by atoms with Crippen molar-refractivity contribution in [2.45, 2.75) is 37.3 Å². The van der Waals surface area contributed by atoms with Gasteiger partial charge < -0.3 is 15.4 Å². The molecule has 1 aliphatic carbocycles. The highest BCUT2D eigenvalue weighted by Gasteiger charge is 2.64. The Morgan fingerprint density at radius 1 is 1.42 bits per heavy atom. The fourth-order valence-corrected chi connectivity index (χ4v) is 3.07. The van der Waals surface area contributed by atoms with E-state index in [1.165, 1.54) is 4.90 Å². The number of hydrogen-bond acceptors (Lipinski definition) is 4. The number of amides is 2. The van der Waals surface area contributed by atoms with Crippen LogP contribution in [0.5, 0.6) is 0 Å². The molecule has 6 nitrogen and oxygen atoms in total. The number of rotatable bonds is 4. The van der Waals surface area contributed by atoms with Crippen molar-refractivity contribution < 1.29 is 19.1 Å². The molecule has 0 aromatic carbocycles. The van der Waals surface area contributed by atoms with E-state index in [0.29, 0.717) is 25.3 Å². The van der Waals surface area contributed by atoms with E-state index in [1.54, 1.807) is 6.42 Å². The number of fused-ring (bicyclic) bond motifs is 1. The second kappa shape index (κ2) is 4.30. The van der Waals surface area contributed by atoms with Crippen LogP contribution in [-0.4, -0.2) is 47.3 Å². The molecule has 103 valence electrons. The number of Topliss-reactive ketones (excluding diaryl/α,β-unsaturated/α-hetero) is 1. The van der Waals surface area contributed by atoms with Gasteiger partial charge in [0.1, 0.15) is 6.61 Å². The molecule has 2 aliphatic heterocycles. The van der Waals surface area contributed by atoms with Gasteiger partial charge in [-0.2, -0.15) is 0 Å². The molecule has 2 N–H and O–H groups in total. The highest BCUT2D eigenvalue weighted by Crippen LogP contribution is 2.39. The zero-order valence-electron chi connectivity index (χ0n) is 10.6. The highest BCUT2D eigenvalue weighted by atomic mass is 16.5. The van der Waals surface area contributed by atoms with Crippen LogP contribution in [-0.2, 0) is 19.1 Å². The number of carbonyl (C=O) groups excluding carboxylic acids is 3. The fraction of sp³-hybridized carbons (Fsp3) is 0.692. The van der Waals surface area contributed by atoms with Crippen LogP contribution in [0.3, 0.4) is 0 Å². The summed E-state index contributed by atoms with van der Waals surface area (Å²) >= 11 is 0. The third-order valence-corrected chi connectivity index (χ3v) is 4.31. The number of likely N-dealkylation sites (tertiary alicyclic amines) is 1. The Morgan fingerprint density at radius 2 is 2.16 bits per heavy atom. The quantitative estimate of drug-likeness (QED) is 0.688. The molecule has 2 amide bonds. The number of nitrogens with two attached hydrogens (primary N) is 1. The standard InChI is InChI=1S/C13H17N2O4/c14-12(18)13-9(16)7-19-10(13)5-6-15(13)11(17)4-3-8-1-2-8/h4,8,10H,1-3,5-7H2,(H2,14,18). The van der Waals surface area contributed by atoms with Crippen molar-refractivity contribution in [1.29, 1.82) is 0 Å². The van der Waals surface area contributed by atoms with Crippen molar-refractivity contribution in [3.8, 4) is 0 Å². The topological polar surface area (TPSA) is 89.7 Å². The van der Waals surface area contributed by atoms with Crippen molar-refractivity contribution in [2.75, 3.05) is 13.2 Å². The van der Waals surface area contributed by atoms with Gasteiger partial charge in [0, 0.05) is 6.54 Å². The van der Waals surface area contributed by atoms with Gasteiger partial charge in [0.05, 0.1) is 12.5 Å². The molecule has 19 heavy (non-hydrogen) atoms. The lowest BCUT2D eigenvalue weighted by molar-refractivity contribution is -0.148. The van der Waals surface area contributed by atoms with E-state index in [9.17, 15) is 14.4 Å². The lowest BCUT2D eigenvalue weighted by Crippen LogP contribution is -2.63. The van der Waals surface area contributed by atoms with Crippen molar-refractivity contribution >= 4 is 17.6 Å². The van der Waals surface area contributed by atoms with Gasteiger partial charge in [-0.1, -0.05) is 12.8 Å². The van der Waals surface area contributed by atoms with Crippen molar-refractivity contribution in [1.82, 2.24) is 4.90 Å². The zero-order valence-corrected chi connectivity index (χ0v) is 10.6. The van der Waals surface area contributed by atoms with Crippen molar-refractivity contribution in [3.63, 3.8) is 0 Å². The van der Waals surface area contributed by atoms with E-state index in [-0.39, 0.29) is 12.5 Å². The van der Waals surface area contributed by atoms with E-state index < -0.39 is 23.3 Å². The molecule has 2 heterocycles. The maximum atomic E-state index is 12.2. The number of primary amides is 1. The Balaban J connectivity index is 1.81. The third kappa shape index (κ3) is 1.77. The molecule has 6 heteroatoms. The van der Waals surface area contributed by atoms with Crippen LogP contribution in [0.2, 0.25) is 0 Å². The number of ketones is 1. The minimum Gasteiger partial charge on any atom is -0.367 e. The predicted octanol–water partition coefficient (Wildman–Crippen LogP) is -0.585. The lowest BCUT2D eigenvalue weighted by Gasteiger charge is -2.32. The van der Waals surface area contributed by atoms with E-state index in [2.05, 4.69) is 0 Å². The van der Waals surface area contributed by atoms with Gasteiger partial charge in [0.25, 0.3) is 5.91 Å². The first-order valence-electron chi connectivity index (χ1n) is 6.66. The van der Waals surface area contributed by atoms with Gasteiger partial charge in [-0.05, 0) is 18.8 Å². The van der Waals surface area contributed by atoms with Crippen molar-refractivity contribution in [2.24, 2.45) is 11.7 Å². The molecular formula is C13H17N2O4. The summed E-state index contributed by atoms with van der Waals surface area (Å²) in [7, 11) is 0. The van der Waals surface area contributed by atoms with Crippen LogP contribution < -0.4 is 5.73 Å². The van der Waals surface area contributed by atoms with Gasteiger partial charge in [-0.3, -0.25) is 14.4 Å². The maximum absolute atomic E-state index is 12.2. The van der Waals surface area contributed by atoms with Gasteiger partial charge >= 0.3 is 0 Å². The number of ether oxygens (including phenoxy) is 1. The molecule has 1 saturated carbocycles. The van der Waals surface area contributed by atoms with Crippen LogP contribution in [0, 0.1) is 12.3 Å². The maximum Gasteiger partial charge on any atom is 0.254 e. The summed E-state index contributed by atoms with van der Waals surface area (Å²) in [5, 5.41) is 0. The zero-order chi connectivity index (χ0) is 13.6. The SMILES string of the molecule is NC(=O)C12C(=O)COC1CCN2C(=O)[CH]CC1CC1. The molecule has 0 aromatic heterocycles. The Morgan fingerprint density at radius 3 is 2.79 bits per heavy atom. The predicted molar refractivity (Wildman–Crippen MR) is 64.6 cm³/mol. The average Bonchev–Trinajstić information content (AvgIpc) is 3.02. The second-order valence-electron chi connectivity index (χ2n) is 5.52. The Kier molecular flexibility index (Phi) is 2.85.